The van der Waals surface area contributed by atoms with Gasteiger partial charge in [-0.15, -0.1) is 0 Å². The molecule has 126 valence electrons. The number of Topliss-reactive ketones (excluding diaryl/α,β-unsaturated/α-hetero) is 1. The summed E-state index contributed by atoms with van der Waals surface area (Å²) in [6.45, 7) is 6.65. The van der Waals surface area contributed by atoms with Crippen molar-refractivity contribution in [3.05, 3.63) is 47.0 Å². The van der Waals surface area contributed by atoms with Gasteiger partial charge in [0.2, 0.25) is 0 Å². The number of carbonyl (C=O) groups excluding carboxylic acids is 1. The van der Waals surface area contributed by atoms with E-state index in [2.05, 4.69) is 13.5 Å². The van der Waals surface area contributed by atoms with E-state index in [-0.39, 0.29) is 5.78 Å². The Kier molecular flexibility index (Phi) is 7.36. The van der Waals surface area contributed by atoms with E-state index >= 15 is 0 Å². The molecule has 2 heteroatoms. The monoisotopic (exact) mass is 332 g/mol. The van der Waals surface area contributed by atoms with Crippen molar-refractivity contribution < 1.29 is 4.79 Å². The lowest BCUT2D eigenvalue weighted by Gasteiger charge is -2.30. The smallest absolute Gasteiger partial charge is 0.163 e. The Labute approximate surface area is 146 Å². The molecule has 1 fully saturated rings. The SMILES string of the molecule is C=C(CCC(=O)c1ccc(Cl)cc1)[C@@H]1CCCCCC[C@@H]1CC. The molecule has 0 spiro atoms. The minimum atomic E-state index is 0.196. The van der Waals surface area contributed by atoms with E-state index in [0.29, 0.717) is 17.4 Å². The maximum atomic E-state index is 12.3. The summed E-state index contributed by atoms with van der Waals surface area (Å²) in [4.78, 5) is 12.3. The third-order valence-electron chi connectivity index (χ3n) is 5.30. The highest BCUT2D eigenvalue weighted by atomic mass is 35.5. The Morgan fingerprint density at radius 1 is 1.09 bits per heavy atom. The van der Waals surface area contributed by atoms with Crippen LogP contribution in [0, 0.1) is 11.8 Å². The molecule has 1 nitrogen and oxygen atoms in total. The topological polar surface area (TPSA) is 17.1 Å². The summed E-state index contributed by atoms with van der Waals surface area (Å²) >= 11 is 5.88. The standard InChI is InChI=1S/C21H29ClO/c1-3-17-8-6-4-5-7-9-20(17)16(2)10-15-21(23)18-11-13-19(22)14-12-18/h11-14,17,20H,2-10,15H2,1H3/t17-,20-/m0/s1. The molecule has 0 aromatic heterocycles. The molecule has 1 aliphatic carbocycles. The Morgan fingerprint density at radius 3 is 2.39 bits per heavy atom. The molecular weight excluding hydrogens is 304 g/mol. The number of ketones is 1. The molecule has 1 aliphatic rings. The Hall–Kier alpha value is -1.08. The van der Waals surface area contributed by atoms with Crippen LogP contribution in [0.5, 0.6) is 0 Å². The first kappa shape index (κ1) is 18.3. The maximum Gasteiger partial charge on any atom is 0.163 e. The average molecular weight is 333 g/mol. The Bertz CT molecular complexity index is 517. The number of halogens is 1. The molecule has 0 N–H and O–H groups in total. The molecule has 0 saturated heterocycles. The Balaban J connectivity index is 1.91. The zero-order valence-electron chi connectivity index (χ0n) is 14.3. The second-order valence-corrected chi connectivity index (χ2v) is 7.29. The minimum absolute atomic E-state index is 0.196. The molecule has 2 atom stereocenters. The lowest BCUT2D eigenvalue weighted by Crippen LogP contribution is -2.18. The van der Waals surface area contributed by atoms with E-state index < -0.39 is 0 Å². The van der Waals surface area contributed by atoms with Crippen LogP contribution in [0.3, 0.4) is 0 Å². The van der Waals surface area contributed by atoms with Crippen molar-refractivity contribution in [3.8, 4) is 0 Å². The molecule has 0 amide bonds. The first-order valence-electron chi connectivity index (χ1n) is 9.08. The van der Waals surface area contributed by atoms with Gasteiger partial charge in [0.25, 0.3) is 0 Å². The van der Waals surface area contributed by atoms with Crippen molar-refractivity contribution in [2.75, 3.05) is 0 Å². The van der Waals surface area contributed by atoms with E-state index in [9.17, 15) is 4.79 Å². The van der Waals surface area contributed by atoms with E-state index in [1.807, 2.05) is 12.1 Å². The van der Waals surface area contributed by atoms with E-state index in [1.54, 1.807) is 12.1 Å². The first-order chi connectivity index (χ1) is 11.1. The third-order valence-corrected chi connectivity index (χ3v) is 5.55. The highest BCUT2D eigenvalue weighted by molar-refractivity contribution is 6.30. The second kappa shape index (κ2) is 9.27. The first-order valence-corrected chi connectivity index (χ1v) is 9.46. The van der Waals surface area contributed by atoms with Crippen LogP contribution in [-0.2, 0) is 0 Å². The van der Waals surface area contributed by atoms with E-state index in [1.165, 1.54) is 50.5 Å². The number of hydrogen-bond donors (Lipinski definition) is 0. The molecule has 1 saturated carbocycles. The summed E-state index contributed by atoms with van der Waals surface area (Å²) in [6, 6.07) is 7.20. The molecule has 0 unspecified atom stereocenters. The van der Waals surface area contributed by atoms with Gasteiger partial charge in [-0.25, -0.2) is 0 Å². The van der Waals surface area contributed by atoms with Gasteiger partial charge in [0.1, 0.15) is 0 Å². The van der Waals surface area contributed by atoms with Gasteiger partial charge in [0, 0.05) is 17.0 Å². The normalized spacial score (nSPS) is 22.2. The molecule has 0 heterocycles. The number of hydrogen-bond acceptors (Lipinski definition) is 1. The summed E-state index contributed by atoms with van der Waals surface area (Å²) in [5, 5.41) is 0.672. The van der Waals surface area contributed by atoms with Gasteiger partial charge >= 0.3 is 0 Å². The average Bonchev–Trinajstić information content (AvgIpc) is 2.53. The molecule has 0 aliphatic heterocycles. The lowest BCUT2D eigenvalue weighted by molar-refractivity contribution is 0.0981. The van der Waals surface area contributed by atoms with Crippen molar-refractivity contribution in [2.45, 2.75) is 64.7 Å². The van der Waals surface area contributed by atoms with Crippen molar-refractivity contribution in [2.24, 2.45) is 11.8 Å². The number of rotatable bonds is 6. The minimum Gasteiger partial charge on any atom is -0.294 e. The summed E-state index contributed by atoms with van der Waals surface area (Å²) in [7, 11) is 0. The van der Waals surface area contributed by atoms with Crippen LogP contribution in [0.4, 0.5) is 0 Å². The van der Waals surface area contributed by atoms with Crippen molar-refractivity contribution in [3.63, 3.8) is 0 Å². The van der Waals surface area contributed by atoms with Gasteiger partial charge in [-0.3, -0.25) is 4.79 Å². The number of carbonyl (C=O) groups is 1. The van der Waals surface area contributed by atoms with Gasteiger partial charge in [-0.05, 0) is 55.4 Å². The zero-order chi connectivity index (χ0) is 16.7. The van der Waals surface area contributed by atoms with Crippen LogP contribution in [0.1, 0.15) is 75.1 Å². The van der Waals surface area contributed by atoms with Gasteiger partial charge in [-0.2, -0.15) is 0 Å². The fourth-order valence-corrected chi connectivity index (χ4v) is 3.95. The van der Waals surface area contributed by atoms with Crippen LogP contribution < -0.4 is 0 Å². The quantitative estimate of drug-likeness (QED) is 0.411. The molecule has 23 heavy (non-hydrogen) atoms. The molecular formula is C21H29ClO. The van der Waals surface area contributed by atoms with Crippen LogP contribution >= 0.6 is 11.6 Å². The summed E-state index contributed by atoms with van der Waals surface area (Å²) in [5.74, 6) is 1.56. The molecule has 1 aromatic rings. The van der Waals surface area contributed by atoms with Crippen molar-refractivity contribution in [1.29, 1.82) is 0 Å². The second-order valence-electron chi connectivity index (χ2n) is 6.85. The summed E-state index contributed by atoms with van der Waals surface area (Å²) in [5.41, 5.74) is 2.05. The number of benzene rings is 1. The number of allylic oxidation sites excluding steroid dienone is 1. The highest BCUT2D eigenvalue weighted by Gasteiger charge is 2.24. The maximum absolute atomic E-state index is 12.3. The van der Waals surface area contributed by atoms with Crippen molar-refractivity contribution >= 4 is 17.4 Å². The summed E-state index contributed by atoms with van der Waals surface area (Å²) < 4.78 is 0. The predicted molar refractivity (Wildman–Crippen MR) is 99.1 cm³/mol. The molecule has 0 bridgehead atoms. The summed E-state index contributed by atoms with van der Waals surface area (Å²) in [6.07, 6.45) is 10.6. The van der Waals surface area contributed by atoms with Gasteiger partial charge < -0.3 is 0 Å². The fraction of sp³-hybridized carbons (Fsp3) is 0.571. The van der Waals surface area contributed by atoms with Crippen molar-refractivity contribution in [1.82, 2.24) is 0 Å². The van der Waals surface area contributed by atoms with E-state index in [4.69, 9.17) is 11.6 Å². The molecule has 1 aromatic carbocycles. The highest BCUT2D eigenvalue weighted by Crippen LogP contribution is 2.36. The van der Waals surface area contributed by atoms with Crippen LogP contribution in [-0.4, -0.2) is 5.78 Å². The molecule has 0 radical (unpaired) electrons. The van der Waals surface area contributed by atoms with Crippen LogP contribution in [0.15, 0.2) is 36.4 Å². The third kappa shape index (κ3) is 5.49. The predicted octanol–water partition coefficient (Wildman–Crippen LogP) is 6.86. The van der Waals surface area contributed by atoms with Crippen LogP contribution in [0.2, 0.25) is 5.02 Å². The van der Waals surface area contributed by atoms with E-state index in [0.717, 1.165) is 17.9 Å². The lowest BCUT2D eigenvalue weighted by atomic mass is 9.75. The molecule has 2 rings (SSSR count). The van der Waals surface area contributed by atoms with Gasteiger partial charge in [-0.1, -0.05) is 62.8 Å². The van der Waals surface area contributed by atoms with Gasteiger partial charge in [0.15, 0.2) is 5.78 Å². The zero-order valence-corrected chi connectivity index (χ0v) is 15.1. The Morgan fingerprint density at radius 2 is 1.74 bits per heavy atom. The van der Waals surface area contributed by atoms with Crippen LogP contribution in [0.25, 0.3) is 0 Å². The largest absolute Gasteiger partial charge is 0.294 e. The fourth-order valence-electron chi connectivity index (χ4n) is 3.83. The van der Waals surface area contributed by atoms with Gasteiger partial charge in [0.05, 0.1) is 0 Å².